The molecule has 1 N–H and O–H groups in total. The van der Waals surface area contributed by atoms with E-state index in [-0.39, 0.29) is 4.90 Å². The Morgan fingerprint density at radius 2 is 2.00 bits per heavy atom. The number of nitrogens with one attached hydrogen (secondary N) is 1. The summed E-state index contributed by atoms with van der Waals surface area (Å²) in [5.74, 6) is 0.990. The number of halogens is 1. The number of hydrogen-bond acceptors (Lipinski definition) is 5. The molecule has 0 aliphatic rings. The van der Waals surface area contributed by atoms with Gasteiger partial charge in [-0.15, -0.1) is 0 Å². The number of sulfonamides is 1. The standard InChI is InChI=1S/C17H23ClN4O3S/c1-5-25-14-6-8-15(9-7-14)26(23,24)21-19-10-16-13(4)20-22(17(16)18)11-12(2)3/h6-10,12,21H,5,11H2,1-4H3/b19-10-. The molecule has 26 heavy (non-hydrogen) atoms. The average Bonchev–Trinajstić information content (AvgIpc) is 2.82. The van der Waals surface area contributed by atoms with E-state index in [2.05, 4.69) is 28.9 Å². The van der Waals surface area contributed by atoms with Crippen molar-refractivity contribution in [1.29, 1.82) is 0 Å². The number of nitrogens with zero attached hydrogens (tertiary/aromatic N) is 3. The Labute approximate surface area is 159 Å². The Morgan fingerprint density at radius 3 is 2.58 bits per heavy atom. The minimum Gasteiger partial charge on any atom is -0.494 e. The van der Waals surface area contributed by atoms with E-state index in [0.717, 1.165) is 0 Å². The van der Waals surface area contributed by atoms with Crippen molar-refractivity contribution >= 4 is 27.8 Å². The molecule has 7 nitrogen and oxygen atoms in total. The Kier molecular flexibility index (Phi) is 6.66. The third kappa shape index (κ3) is 4.98. The highest BCUT2D eigenvalue weighted by atomic mass is 35.5. The van der Waals surface area contributed by atoms with E-state index < -0.39 is 10.0 Å². The van der Waals surface area contributed by atoms with Gasteiger partial charge in [0, 0.05) is 6.54 Å². The summed E-state index contributed by atoms with van der Waals surface area (Å²) in [6.07, 6.45) is 1.37. The van der Waals surface area contributed by atoms with Crippen LogP contribution >= 0.6 is 11.6 Å². The second-order valence-corrected chi connectivity index (χ2v) is 8.14. The van der Waals surface area contributed by atoms with E-state index in [1.807, 2.05) is 6.92 Å². The summed E-state index contributed by atoms with van der Waals surface area (Å²) in [7, 11) is -3.77. The van der Waals surface area contributed by atoms with E-state index in [1.165, 1.54) is 18.3 Å². The Hall–Kier alpha value is -2.06. The molecular weight excluding hydrogens is 376 g/mol. The largest absolute Gasteiger partial charge is 0.494 e. The maximum absolute atomic E-state index is 12.3. The van der Waals surface area contributed by atoms with Crippen molar-refractivity contribution in [2.45, 2.75) is 39.1 Å². The monoisotopic (exact) mass is 398 g/mol. The second kappa shape index (κ2) is 8.55. The van der Waals surface area contributed by atoms with Crippen LogP contribution in [0.25, 0.3) is 0 Å². The van der Waals surface area contributed by atoms with Crippen LogP contribution in [0.2, 0.25) is 5.15 Å². The third-order valence-electron chi connectivity index (χ3n) is 3.46. The summed E-state index contributed by atoms with van der Waals surface area (Å²) in [5.41, 5.74) is 1.27. The predicted octanol–water partition coefficient (Wildman–Crippen LogP) is 3.21. The van der Waals surface area contributed by atoms with Gasteiger partial charge in [-0.2, -0.15) is 18.6 Å². The summed E-state index contributed by atoms with van der Waals surface area (Å²) in [4.78, 5) is 2.28. The first kappa shape index (κ1) is 20.3. The van der Waals surface area contributed by atoms with Crippen LogP contribution in [0.5, 0.6) is 5.75 Å². The van der Waals surface area contributed by atoms with Crippen LogP contribution in [0.15, 0.2) is 34.3 Å². The second-order valence-electron chi connectivity index (χ2n) is 6.12. The molecule has 0 saturated carbocycles. The number of hydrazone groups is 1. The number of aryl methyl sites for hydroxylation is 1. The summed E-state index contributed by atoms with van der Waals surface area (Å²) in [6.45, 7) is 8.96. The third-order valence-corrected chi connectivity index (χ3v) is 5.10. The molecule has 2 aromatic rings. The van der Waals surface area contributed by atoms with Gasteiger partial charge in [-0.25, -0.2) is 4.83 Å². The molecule has 2 rings (SSSR count). The van der Waals surface area contributed by atoms with Gasteiger partial charge in [0.25, 0.3) is 10.0 Å². The SMILES string of the molecule is CCOc1ccc(S(=O)(=O)N/N=C\c2c(C)nn(CC(C)C)c2Cl)cc1. The molecule has 1 aromatic carbocycles. The molecule has 0 unspecified atom stereocenters. The van der Waals surface area contributed by atoms with Crippen LogP contribution in [-0.2, 0) is 16.6 Å². The highest BCUT2D eigenvalue weighted by Gasteiger charge is 2.15. The molecule has 0 aliphatic carbocycles. The van der Waals surface area contributed by atoms with Gasteiger partial charge >= 0.3 is 0 Å². The Bertz CT molecular complexity index is 874. The molecule has 1 heterocycles. The minimum atomic E-state index is -3.77. The lowest BCUT2D eigenvalue weighted by Crippen LogP contribution is -2.18. The number of ether oxygens (including phenoxy) is 1. The average molecular weight is 399 g/mol. The van der Waals surface area contributed by atoms with Crippen LogP contribution in [0.1, 0.15) is 32.0 Å². The molecule has 0 bridgehead atoms. The predicted molar refractivity (Wildman–Crippen MR) is 102 cm³/mol. The van der Waals surface area contributed by atoms with Crippen molar-refractivity contribution in [2.24, 2.45) is 11.0 Å². The number of aromatic nitrogens is 2. The summed E-state index contributed by atoms with van der Waals surface area (Å²) in [5, 5.41) is 8.61. The molecule has 0 atom stereocenters. The fourth-order valence-electron chi connectivity index (χ4n) is 2.28. The van der Waals surface area contributed by atoms with Gasteiger partial charge in [-0.3, -0.25) is 4.68 Å². The summed E-state index contributed by atoms with van der Waals surface area (Å²) in [6, 6.07) is 6.11. The van der Waals surface area contributed by atoms with Gasteiger partial charge in [0.2, 0.25) is 0 Å². The first-order valence-corrected chi connectivity index (χ1v) is 10.1. The Balaban J connectivity index is 2.13. The maximum atomic E-state index is 12.3. The number of rotatable bonds is 8. The molecular formula is C17H23ClN4O3S. The molecule has 9 heteroatoms. The van der Waals surface area contributed by atoms with Crippen LogP contribution < -0.4 is 9.57 Å². The topological polar surface area (TPSA) is 85.6 Å². The normalized spacial score (nSPS) is 12.1. The fraction of sp³-hybridized carbons (Fsp3) is 0.412. The lowest BCUT2D eigenvalue weighted by Gasteiger charge is -2.06. The van der Waals surface area contributed by atoms with E-state index in [9.17, 15) is 8.42 Å². The van der Waals surface area contributed by atoms with Gasteiger partial charge in [0.1, 0.15) is 10.9 Å². The summed E-state index contributed by atoms with van der Waals surface area (Å²) >= 11 is 6.31. The molecule has 0 radical (unpaired) electrons. The molecule has 1 aromatic heterocycles. The zero-order valence-electron chi connectivity index (χ0n) is 15.2. The first-order valence-electron chi connectivity index (χ1n) is 8.25. The van der Waals surface area contributed by atoms with Crippen molar-refractivity contribution in [3.8, 4) is 5.75 Å². The smallest absolute Gasteiger partial charge is 0.276 e. The zero-order chi connectivity index (χ0) is 19.3. The van der Waals surface area contributed by atoms with Gasteiger partial charge in [-0.05, 0) is 44.0 Å². The van der Waals surface area contributed by atoms with E-state index in [1.54, 1.807) is 23.7 Å². The van der Waals surface area contributed by atoms with Crippen molar-refractivity contribution < 1.29 is 13.2 Å². The molecule has 0 amide bonds. The fourth-order valence-corrected chi connectivity index (χ4v) is 3.36. The van der Waals surface area contributed by atoms with Gasteiger partial charge in [-0.1, -0.05) is 25.4 Å². The van der Waals surface area contributed by atoms with Crippen LogP contribution in [0, 0.1) is 12.8 Å². The highest BCUT2D eigenvalue weighted by Crippen LogP contribution is 2.19. The quantitative estimate of drug-likeness (QED) is 0.546. The maximum Gasteiger partial charge on any atom is 0.276 e. The van der Waals surface area contributed by atoms with Gasteiger partial charge in [0.05, 0.1) is 29.0 Å². The lowest BCUT2D eigenvalue weighted by molar-refractivity contribution is 0.340. The van der Waals surface area contributed by atoms with Crippen molar-refractivity contribution in [1.82, 2.24) is 14.6 Å². The van der Waals surface area contributed by atoms with Crippen molar-refractivity contribution in [3.05, 3.63) is 40.7 Å². The number of hydrogen-bond donors (Lipinski definition) is 1. The minimum absolute atomic E-state index is 0.0939. The van der Waals surface area contributed by atoms with E-state index in [4.69, 9.17) is 16.3 Å². The molecule has 142 valence electrons. The van der Waals surface area contributed by atoms with Crippen LogP contribution in [-0.4, -0.2) is 31.0 Å². The lowest BCUT2D eigenvalue weighted by atomic mass is 10.2. The van der Waals surface area contributed by atoms with E-state index in [0.29, 0.717) is 41.2 Å². The Morgan fingerprint density at radius 1 is 1.35 bits per heavy atom. The van der Waals surface area contributed by atoms with Crippen molar-refractivity contribution in [3.63, 3.8) is 0 Å². The molecule has 0 aliphatic heterocycles. The molecule has 0 spiro atoms. The molecule has 0 saturated heterocycles. The molecule has 0 fully saturated rings. The van der Waals surface area contributed by atoms with Crippen LogP contribution in [0.4, 0.5) is 0 Å². The van der Waals surface area contributed by atoms with Crippen molar-refractivity contribution in [2.75, 3.05) is 6.61 Å². The highest BCUT2D eigenvalue weighted by molar-refractivity contribution is 7.89. The summed E-state index contributed by atoms with van der Waals surface area (Å²) < 4.78 is 31.6. The number of benzene rings is 1. The van der Waals surface area contributed by atoms with Crippen LogP contribution in [0.3, 0.4) is 0 Å². The first-order chi connectivity index (χ1) is 12.2. The van der Waals surface area contributed by atoms with Gasteiger partial charge in [0.15, 0.2) is 0 Å². The van der Waals surface area contributed by atoms with Gasteiger partial charge < -0.3 is 4.74 Å². The zero-order valence-corrected chi connectivity index (χ0v) is 16.8. The van der Waals surface area contributed by atoms with E-state index >= 15 is 0 Å².